The zero-order chi connectivity index (χ0) is 20.9. The molecule has 3 amide bonds. The third kappa shape index (κ3) is 20.6. The van der Waals surface area contributed by atoms with Crippen molar-refractivity contribution >= 4 is 17.7 Å². The van der Waals surface area contributed by atoms with Gasteiger partial charge in [0, 0.05) is 39.6 Å². The molecule has 0 rings (SSSR count). The zero-order valence-corrected chi connectivity index (χ0v) is 17.1. The number of carbonyl (C=O) groups is 3. The van der Waals surface area contributed by atoms with Crippen molar-refractivity contribution in [1.29, 1.82) is 0 Å². The van der Waals surface area contributed by atoms with Gasteiger partial charge in [-0.3, -0.25) is 14.4 Å². The van der Waals surface area contributed by atoms with Crippen molar-refractivity contribution in [3.8, 4) is 0 Å². The van der Waals surface area contributed by atoms with Crippen LogP contribution in [0.25, 0.3) is 0 Å². The van der Waals surface area contributed by atoms with Gasteiger partial charge in [-0.2, -0.15) is 0 Å². The molecule has 0 atom stereocenters. The summed E-state index contributed by atoms with van der Waals surface area (Å²) in [5, 5.41) is 8.04. The zero-order valence-electron chi connectivity index (χ0n) is 17.1. The maximum atomic E-state index is 11.5. The van der Waals surface area contributed by atoms with Gasteiger partial charge in [0.05, 0.1) is 39.6 Å². The topological polar surface area (TPSA) is 124 Å². The van der Waals surface area contributed by atoms with E-state index in [9.17, 15) is 14.4 Å². The first-order valence-corrected chi connectivity index (χ1v) is 9.65. The van der Waals surface area contributed by atoms with Gasteiger partial charge >= 0.3 is 0 Å². The van der Waals surface area contributed by atoms with Gasteiger partial charge in [0.25, 0.3) is 0 Å². The molecule has 0 heterocycles. The summed E-state index contributed by atoms with van der Waals surface area (Å²) < 4.78 is 20.9. The Bertz CT molecular complexity index is 422. The summed E-state index contributed by atoms with van der Waals surface area (Å²) in [6.07, 6.45) is 0.956. The Morgan fingerprint density at radius 1 is 0.679 bits per heavy atom. The van der Waals surface area contributed by atoms with Crippen LogP contribution in [-0.2, 0) is 33.3 Å². The van der Waals surface area contributed by atoms with Crippen molar-refractivity contribution in [2.75, 3.05) is 72.5 Å². The van der Waals surface area contributed by atoms with Crippen molar-refractivity contribution in [1.82, 2.24) is 16.0 Å². The van der Waals surface area contributed by atoms with E-state index < -0.39 is 0 Å². The number of hydrogen-bond acceptors (Lipinski definition) is 7. The van der Waals surface area contributed by atoms with Crippen molar-refractivity contribution < 1.29 is 33.3 Å². The molecule has 0 aromatic rings. The largest absolute Gasteiger partial charge is 0.379 e. The first-order chi connectivity index (χ1) is 13.6. The molecule has 164 valence electrons. The minimum atomic E-state index is -0.208. The van der Waals surface area contributed by atoms with E-state index in [1.54, 1.807) is 0 Å². The summed E-state index contributed by atoms with van der Waals surface area (Å²) >= 11 is 0. The minimum Gasteiger partial charge on any atom is -0.379 e. The number of carbonyl (C=O) groups excluding carboxylic acids is 3. The van der Waals surface area contributed by atoms with E-state index in [0.717, 1.165) is 0 Å². The van der Waals surface area contributed by atoms with E-state index in [4.69, 9.17) is 18.9 Å². The molecule has 0 aliphatic heterocycles. The Labute approximate surface area is 167 Å². The standard InChI is InChI=1S/C18H35N3O7/c1-3-25-11-12-26-10-8-21-18(24)15-28-14-13-27-9-7-20-17(23)5-4-6-19-16(2)22/h3-15H2,1-2H3,(H,19,22)(H,20,23)(H,21,24). The molecule has 0 fully saturated rings. The lowest BCUT2D eigenvalue weighted by molar-refractivity contribution is -0.126. The number of ether oxygens (including phenoxy) is 4. The molecule has 0 unspecified atom stereocenters. The van der Waals surface area contributed by atoms with Crippen LogP contribution in [0.4, 0.5) is 0 Å². The quantitative estimate of drug-likeness (QED) is 0.241. The smallest absolute Gasteiger partial charge is 0.246 e. The highest BCUT2D eigenvalue weighted by Gasteiger charge is 2.02. The number of amides is 3. The van der Waals surface area contributed by atoms with Crippen LogP contribution in [0, 0.1) is 0 Å². The van der Waals surface area contributed by atoms with Gasteiger partial charge in [-0.15, -0.1) is 0 Å². The van der Waals surface area contributed by atoms with Gasteiger partial charge in [0.1, 0.15) is 6.61 Å². The van der Waals surface area contributed by atoms with E-state index in [-0.39, 0.29) is 24.3 Å². The van der Waals surface area contributed by atoms with Crippen LogP contribution in [0.5, 0.6) is 0 Å². The highest BCUT2D eigenvalue weighted by molar-refractivity contribution is 5.77. The average Bonchev–Trinajstić information content (AvgIpc) is 2.66. The molecule has 0 spiro atoms. The molecular formula is C18H35N3O7. The molecular weight excluding hydrogens is 370 g/mol. The first kappa shape index (κ1) is 26.2. The van der Waals surface area contributed by atoms with Gasteiger partial charge in [0.15, 0.2) is 0 Å². The summed E-state index contributed by atoms with van der Waals surface area (Å²) in [6, 6.07) is 0. The van der Waals surface area contributed by atoms with Crippen molar-refractivity contribution in [3.05, 3.63) is 0 Å². The molecule has 0 radical (unpaired) electrons. The molecule has 3 N–H and O–H groups in total. The summed E-state index contributed by atoms with van der Waals surface area (Å²) in [4.78, 5) is 33.7. The molecule has 0 saturated heterocycles. The molecule has 10 nitrogen and oxygen atoms in total. The Kier molecular flexibility index (Phi) is 18.7. The van der Waals surface area contributed by atoms with Crippen molar-refractivity contribution in [2.24, 2.45) is 0 Å². The third-order valence-electron chi connectivity index (χ3n) is 3.27. The van der Waals surface area contributed by atoms with E-state index in [1.807, 2.05) is 6.92 Å². The van der Waals surface area contributed by atoms with Crippen LogP contribution in [0.3, 0.4) is 0 Å². The summed E-state index contributed by atoms with van der Waals surface area (Å²) in [7, 11) is 0. The summed E-state index contributed by atoms with van der Waals surface area (Å²) in [6.45, 7) is 7.80. The second-order valence-corrected chi connectivity index (χ2v) is 5.76. The van der Waals surface area contributed by atoms with Crippen LogP contribution in [0.1, 0.15) is 26.7 Å². The fourth-order valence-corrected chi connectivity index (χ4v) is 1.93. The predicted octanol–water partition coefficient (Wildman–Crippen LogP) is -0.779. The van der Waals surface area contributed by atoms with Crippen LogP contribution in [0.2, 0.25) is 0 Å². The van der Waals surface area contributed by atoms with E-state index in [0.29, 0.717) is 78.7 Å². The van der Waals surface area contributed by atoms with E-state index >= 15 is 0 Å². The fraction of sp³-hybridized carbons (Fsp3) is 0.833. The second kappa shape index (κ2) is 20.0. The molecule has 0 aromatic carbocycles. The lowest BCUT2D eigenvalue weighted by atomic mass is 10.3. The van der Waals surface area contributed by atoms with Crippen LogP contribution in [0.15, 0.2) is 0 Å². The molecule has 0 aliphatic carbocycles. The van der Waals surface area contributed by atoms with Gasteiger partial charge < -0.3 is 34.9 Å². The van der Waals surface area contributed by atoms with E-state index in [2.05, 4.69) is 16.0 Å². The van der Waals surface area contributed by atoms with Crippen LogP contribution >= 0.6 is 0 Å². The fourth-order valence-electron chi connectivity index (χ4n) is 1.93. The first-order valence-electron chi connectivity index (χ1n) is 9.65. The third-order valence-corrected chi connectivity index (χ3v) is 3.27. The number of nitrogens with one attached hydrogen (secondary N) is 3. The van der Waals surface area contributed by atoms with Gasteiger partial charge in [-0.25, -0.2) is 0 Å². The Morgan fingerprint density at radius 3 is 1.86 bits per heavy atom. The van der Waals surface area contributed by atoms with E-state index in [1.165, 1.54) is 6.92 Å². The van der Waals surface area contributed by atoms with Crippen molar-refractivity contribution in [3.63, 3.8) is 0 Å². The summed E-state index contributed by atoms with van der Waals surface area (Å²) in [5.41, 5.74) is 0. The SMILES string of the molecule is CCOCCOCCNC(=O)COCCOCCNC(=O)CCCNC(C)=O. The van der Waals surface area contributed by atoms with Gasteiger partial charge in [-0.1, -0.05) is 0 Å². The number of rotatable bonds is 19. The Hall–Kier alpha value is -1.75. The molecule has 10 heteroatoms. The predicted molar refractivity (Wildman–Crippen MR) is 103 cm³/mol. The minimum absolute atomic E-state index is 0.0344. The Balaban J connectivity index is 3.28. The Morgan fingerprint density at radius 2 is 1.25 bits per heavy atom. The molecule has 0 aliphatic rings. The molecule has 28 heavy (non-hydrogen) atoms. The molecule has 0 saturated carbocycles. The maximum absolute atomic E-state index is 11.5. The van der Waals surface area contributed by atoms with Gasteiger partial charge in [-0.05, 0) is 13.3 Å². The highest BCUT2D eigenvalue weighted by atomic mass is 16.5. The maximum Gasteiger partial charge on any atom is 0.246 e. The lowest BCUT2D eigenvalue weighted by Gasteiger charge is -2.08. The monoisotopic (exact) mass is 405 g/mol. The van der Waals surface area contributed by atoms with Crippen LogP contribution in [-0.4, -0.2) is 90.2 Å². The normalized spacial score (nSPS) is 10.5. The molecule has 0 aromatic heterocycles. The number of hydrogen-bond donors (Lipinski definition) is 3. The average molecular weight is 405 g/mol. The van der Waals surface area contributed by atoms with Crippen LogP contribution < -0.4 is 16.0 Å². The highest BCUT2D eigenvalue weighted by Crippen LogP contribution is 1.87. The van der Waals surface area contributed by atoms with Gasteiger partial charge in [0.2, 0.25) is 17.7 Å². The molecule has 0 bridgehead atoms. The summed E-state index contributed by atoms with van der Waals surface area (Å²) in [5.74, 6) is -0.389. The van der Waals surface area contributed by atoms with Crippen molar-refractivity contribution in [2.45, 2.75) is 26.7 Å². The lowest BCUT2D eigenvalue weighted by Crippen LogP contribution is -2.31. The second-order valence-electron chi connectivity index (χ2n) is 5.76.